The summed E-state index contributed by atoms with van der Waals surface area (Å²) in [4.78, 5) is 30.9. The first-order valence-electron chi connectivity index (χ1n) is 8.08. The topological polar surface area (TPSA) is 71.0 Å². The van der Waals surface area contributed by atoms with Crippen LogP contribution >= 0.6 is 11.8 Å². The molecule has 2 amide bonds. The van der Waals surface area contributed by atoms with Gasteiger partial charge in [-0.3, -0.25) is 14.5 Å². The van der Waals surface area contributed by atoms with Crippen molar-refractivity contribution in [2.75, 3.05) is 19.5 Å². The molecule has 2 aromatic carbocycles. The minimum atomic E-state index is -0.525. The molecule has 0 bridgehead atoms. The summed E-state index contributed by atoms with van der Waals surface area (Å²) < 4.78 is 5.10. The zero-order valence-corrected chi connectivity index (χ0v) is 15.3. The van der Waals surface area contributed by atoms with Crippen molar-refractivity contribution in [2.45, 2.75) is 11.7 Å². The molecule has 26 heavy (non-hydrogen) atoms. The van der Waals surface area contributed by atoms with Gasteiger partial charge in [-0.05, 0) is 36.4 Å². The first-order valence-corrected chi connectivity index (χ1v) is 8.96. The molecular formula is C19H19N3O3S. The summed E-state index contributed by atoms with van der Waals surface area (Å²) in [6.07, 6.45) is 0.136. The number of benzene rings is 2. The molecule has 0 aromatic heterocycles. The van der Waals surface area contributed by atoms with E-state index >= 15 is 0 Å². The summed E-state index contributed by atoms with van der Waals surface area (Å²) in [7, 11) is 3.26. The maximum Gasteiger partial charge on any atom is 0.238 e. The molecule has 1 aliphatic heterocycles. The number of thioether (sulfide) groups is 1. The second-order valence-electron chi connectivity index (χ2n) is 5.71. The molecule has 7 heteroatoms. The lowest BCUT2D eigenvalue weighted by molar-refractivity contribution is -0.128. The van der Waals surface area contributed by atoms with Gasteiger partial charge in [-0.15, -0.1) is 0 Å². The summed E-state index contributed by atoms with van der Waals surface area (Å²) >= 11 is 1.29. The van der Waals surface area contributed by atoms with Gasteiger partial charge in [-0.2, -0.15) is 0 Å². The molecule has 0 radical (unpaired) electrons. The van der Waals surface area contributed by atoms with Crippen LogP contribution in [0.3, 0.4) is 0 Å². The summed E-state index contributed by atoms with van der Waals surface area (Å²) in [5.41, 5.74) is 1.40. The first-order chi connectivity index (χ1) is 12.6. The Hall–Kier alpha value is -2.80. The number of hydrogen-bond donors (Lipinski definition) is 1. The van der Waals surface area contributed by atoms with E-state index in [2.05, 4.69) is 10.3 Å². The van der Waals surface area contributed by atoms with Gasteiger partial charge in [-0.1, -0.05) is 30.0 Å². The highest BCUT2D eigenvalue weighted by atomic mass is 32.2. The number of amides is 2. The molecule has 1 N–H and O–H groups in total. The molecule has 0 saturated carbocycles. The van der Waals surface area contributed by atoms with Crippen LogP contribution in [0.4, 0.5) is 11.4 Å². The number of aliphatic imine (C=N–C) groups is 1. The van der Waals surface area contributed by atoms with Gasteiger partial charge in [0, 0.05) is 19.2 Å². The van der Waals surface area contributed by atoms with E-state index < -0.39 is 5.25 Å². The van der Waals surface area contributed by atoms with Crippen molar-refractivity contribution in [1.29, 1.82) is 0 Å². The Kier molecular flexibility index (Phi) is 5.58. The van der Waals surface area contributed by atoms with E-state index in [1.807, 2.05) is 30.3 Å². The Morgan fingerprint density at radius 3 is 2.54 bits per heavy atom. The molecule has 134 valence electrons. The zero-order chi connectivity index (χ0) is 18.5. The number of rotatable bonds is 4. The standard InChI is InChI=1S/C19H19N3O3S/c1-22-17(23)12-16(26-19(22)21-13-6-4-3-5-7-13)18(24)20-14-8-10-15(25-2)11-9-14/h3-11,16H,12H2,1-2H3,(H,20,24). The lowest BCUT2D eigenvalue weighted by Gasteiger charge is -2.28. The largest absolute Gasteiger partial charge is 0.497 e. The van der Waals surface area contributed by atoms with Gasteiger partial charge in [-0.25, -0.2) is 4.99 Å². The summed E-state index contributed by atoms with van der Waals surface area (Å²) in [5.74, 6) is 0.361. The monoisotopic (exact) mass is 369 g/mol. The van der Waals surface area contributed by atoms with Gasteiger partial charge in [0.15, 0.2) is 5.17 Å². The normalized spacial score (nSPS) is 18.7. The number of methoxy groups -OCH3 is 1. The predicted octanol–water partition coefficient (Wildman–Crippen LogP) is 3.29. The molecule has 1 unspecified atom stereocenters. The van der Waals surface area contributed by atoms with Crippen LogP contribution in [0.1, 0.15) is 6.42 Å². The molecule has 0 spiro atoms. The lowest BCUT2D eigenvalue weighted by Crippen LogP contribution is -2.43. The molecule has 6 nitrogen and oxygen atoms in total. The number of ether oxygens (including phenoxy) is 1. The van der Waals surface area contributed by atoms with E-state index in [9.17, 15) is 9.59 Å². The third-order valence-corrected chi connectivity index (χ3v) is 5.14. The van der Waals surface area contributed by atoms with Crippen LogP contribution in [-0.2, 0) is 9.59 Å². The fraction of sp³-hybridized carbons (Fsp3) is 0.211. The summed E-state index contributed by atoms with van der Waals surface area (Å²) in [6.45, 7) is 0. The number of nitrogens with zero attached hydrogens (tertiary/aromatic N) is 2. The van der Waals surface area contributed by atoms with E-state index in [0.717, 1.165) is 5.69 Å². The van der Waals surface area contributed by atoms with Crippen molar-refractivity contribution in [2.24, 2.45) is 4.99 Å². The van der Waals surface area contributed by atoms with Crippen LogP contribution in [0.2, 0.25) is 0 Å². The van der Waals surface area contributed by atoms with E-state index in [1.54, 1.807) is 38.4 Å². The van der Waals surface area contributed by atoms with E-state index in [4.69, 9.17) is 4.74 Å². The molecule has 0 aliphatic carbocycles. The van der Waals surface area contributed by atoms with Crippen molar-refractivity contribution >= 4 is 40.1 Å². The molecule has 1 heterocycles. The van der Waals surface area contributed by atoms with Gasteiger partial charge in [0.1, 0.15) is 11.0 Å². The minimum Gasteiger partial charge on any atom is -0.497 e. The smallest absolute Gasteiger partial charge is 0.238 e. The van der Waals surface area contributed by atoms with Crippen molar-refractivity contribution < 1.29 is 14.3 Å². The molecule has 1 atom stereocenters. The summed E-state index contributed by atoms with van der Waals surface area (Å²) in [5, 5.41) is 2.83. The van der Waals surface area contributed by atoms with Crippen molar-refractivity contribution in [3.63, 3.8) is 0 Å². The average Bonchev–Trinajstić information content (AvgIpc) is 2.66. The number of hydrogen-bond acceptors (Lipinski definition) is 5. The Bertz CT molecular complexity index is 822. The van der Waals surface area contributed by atoms with Crippen molar-refractivity contribution in [3.05, 3.63) is 54.6 Å². The van der Waals surface area contributed by atoms with Crippen LogP contribution in [0.5, 0.6) is 5.75 Å². The Morgan fingerprint density at radius 1 is 1.19 bits per heavy atom. The Morgan fingerprint density at radius 2 is 1.88 bits per heavy atom. The number of anilines is 1. The maximum atomic E-state index is 12.6. The SMILES string of the molecule is COc1ccc(NC(=O)C2CC(=O)N(C)C(=Nc3ccccc3)S2)cc1. The molecule has 3 rings (SSSR count). The molecule has 1 saturated heterocycles. The number of carbonyl (C=O) groups excluding carboxylic acids is 2. The fourth-order valence-corrected chi connectivity index (χ4v) is 3.47. The second kappa shape index (κ2) is 8.05. The van der Waals surface area contributed by atoms with Gasteiger partial charge in [0.2, 0.25) is 11.8 Å². The van der Waals surface area contributed by atoms with Crippen LogP contribution in [0.15, 0.2) is 59.6 Å². The van der Waals surface area contributed by atoms with Gasteiger partial charge < -0.3 is 10.1 Å². The van der Waals surface area contributed by atoms with E-state index in [0.29, 0.717) is 16.6 Å². The number of carbonyl (C=O) groups is 2. The maximum absolute atomic E-state index is 12.6. The Balaban J connectivity index is 1.73. The number of amidine groups is 1. The highest BCUT2D eigenvalue weighted by Crippen LogP contribution is 2.29. The van der Waals surface area contributed by atoms with Crippen LogP contribution < -0.4 is 10.1 Å². The second-order valence-corrected chi connectivity index (χ2v) is 6.88. The molecule has 1 fully saturated rings. The van der Waals surface area contributed by atoms with Crippen molar-refractivity contribution in [1.82, 2.24) is 4.90 Å². The predicted molar refractivity (Wildman–Crippen MR) is 104 cm³/mol. The quantitative estimate of drug-likeness (QED) is 0.898. The van der Waals surface area contributed by atoms with Crippen LogP contribution in [-0.4, -0.2) is 41.3 Å². The number of para-hydroxylation sites is 1. The van der Waals surface area contributed by atoms with E-state index in [1.165, 1.54) is 16.7 Å². The highest BCUT2D eigenvalue weighted by Gasteiger charge is 2.34. The molecule has 1 aliphatic rings. The lowest BCUT2D eigenvalue weighted by atomic mass is 10.2. The Labute approximate surface area is 156 Å². The van der Waals surface area contributed by atoms with Crippen LogP contribution in [0.25, 0.3) is 0 Å². The summed E-state index contributed by atoms with van der Waals surface area (Å²) in [6, 6.07) is 16.4. The van der Waals surface area contributed by atoms with Gasteiger partial charge in [0.05, 0.1) is 12.8 Å². The van der Waals surface area contributed by atoms with Crippen molar-refractivity contribution in [3.8, 4) is 5.75 Å². The van der Waals surface area contributed by atoms with Gasteiger partial charge in [0.25, 0.3) is 0 Å². The molecule has 2 aromatic rings. The number of nitrogens with one attached hydrogen (secondary N) is 1. The minimum absolute atomic E-state index is 0.131. The average molecular weight is 369 g/mol. The van der Waals surface area contributed by atoms with Gasteiger partial charge >= 0.3 is 0 Å². The first kappa shape index (κ1) is 18.0. The molecular weight excluding hydrogens is 350 g/mol. The third kappa shape index (κ3) is 4.23. The zero-order valence-electron chi connectivity index (χ0n) is 14.5. The fourth-order valence-electron chi connectivity index (χ4n) is 2.41. The van der Waals surface area contributed by atoms with Crippen LogP contribution in [0, 0.1) is 0 Å². The third-order valence-electron chi connectivity index (χ3n) is 3.90. The highest BCUT2D eigenvalue weighted by molar-refractivity contribution is 8.15. The van der Waals surface area contributed by atoms with E-state index in [-0.39, 0.29) is 18.2 Å².